The van der Waals surface area contributed by atoms with Crippen LogP contribution in [0.1, 0.15) is 6.42 Å². The van der Waals surface area contributed by atoms with Crippen molar-refractivity contribution in [2.45, 2.75) is 11.3 Å². The summed E-state index contributed by atoms with van der Waals surface area (Å²) >= 11 is 1.93. The molecule has 1 aromatic rings. The monoisotopic (exact) mass is 286 g/mol. The molecule has 18 heavy (non-hydrogen) atoms. The van der Waals surface area contributed by atoms with Gasteiger partial charge >= 0.3 is 0 Å². The lowest BCUT2D eigenvalue weighted by atomic mass is 10.2. The fourth-order valence-corrected chi connectivity index (χ4v) is 3.84. The zero-order valence-electron chi connectivity index (χ0n) is 10.4. The molecule has 2 rings (SSSR count). The van der Waals surface area contributed by atoms with Crippen molar-refractivity contribution in [1.29, 1.82) is 0 Å². The number of anilines is 2. The number of thioether (sulfide) groups is 1. The number of nitrogens with zero attached hydrogens (tertiary/aromatic N) is 1. The maximum Gasteiger partial charge on any atom is 0.177 e. The molecule has 0 aliphatic carbocycles. The second kappa shape index (κ2) is 5.40. The molecule has 0 spiro atoms. The molecule has 0 radical (unpaired) electrons. The molecule has 1 aromatic carbocycles. The molecule has 2 N–H and O–H groups in total. The normalized spacial score (nSPS) is 17.5. The molecule has 0 saturated carbocycles. The van der Waals surface area contributed by atoms with Gasteiger partial charge < -0.3 is 10.6 Å². The minimum Gasteiger partial charge on any atom is -0.396 e. The first-order chi connectivity index (χ1) is 8.50. The number of hydrogen-bond donors (Lipinski definition) is 1. The highest BCUT2D eigenvalue weighted by molar-refractivity contribution is 7.99. The Hall–Kier alpha value is -0.880. The minimum absolute atomic E-state index is 0.233. The molecule has 0 unspecified atom stereocenters. The SMILES string of the molecule is CS(=O)(=O)c1cccc(N2CCCSCC2)c1N. The van der Waals surface area contributed by atoms with Crippen molar-refractivity contribution in [3.05, 3.63) is 18.2 Å². The molecule has 1 heterocycles. The molecule has 1 aliphatic rings. The van der Waals surface area contributed by atoms with E-state index in [4.69, 9.17) is 5.73 Å². The standard InChI is InChI=1S/C12H18N2O2S2/c1-18(15,16)11-5-2-4-10(12(11)13)14-6-3-8-17-9-7-14/h2,4-5H,3,6-9,13H2,1H3. The Balaban J connectivity index is 2.39. The third-order valence-corrected chi connectivity index (χ3v) is 5.21. The predicted molar refractivity (Wildman–Crippen MR) is 78.1 cm³/mol. The first-order valence-corrected chi connectivity index (χ1v) is 8.96. The third-order valence-electron chi connectivity index (χ3n) is 3.01. The van der Waals surface area contributed by atoms with Gasteiger partial charge in [-0.2, -0.15) is 11.8 Å². The molecule has 0 atom stereocenters. The van der Waals surface area contributed by atoms with Gasteiger partial charge in [-0.25, -0.2) is 8.42 Å². The lowest BCUT2D eigenvalue weighted by molar-refractivity contribution is 0.602. The second-order valence-electron chi connectivity index (χ2n) is 4.41. The smallest absolute Gasteiger partial charge is 0.177 e. The highest BCUT2D eigenvalue weighted by Crippen LogP contribution is 2.30. The molecule has 6 heteroatoms. The molecule has 0 aromatic heterocycles. The molecule has 1 saturated heterocycles. The fraction of sp³-hybridized carbons (Fsp3) is 0.500. The maximum absolute atomic E-state index is 11.7. The van der Waals surface area contributed by atoms with Crippen molar-refractivity contribution in [1.82, 2.24) is 0 Å². The van der Waals surface area contributed by atoms with Crippen LogP contribution >= 0.6 is 11.8 Å². The topological polar surface area (TPSA) is 63.4 Å². The van der Waals surface area contributed by atoms with Crippen LogP contribution in [-0.2, 0) is 9.84 Å². The number of nitrogen functional groups attached to an aromatic ring is 1. The van der Waals surface area contributed by atoms with Gasteiger partial charge in [-0.05, 0) is 24.3 Å². The minimum atomic E-state index is -3.26. The molecule has 0 amide bonds. The van der Waals surface area contributed by atoms with Crippen molar-refractivity contribution in [2.24, 2.45) is 0 Å². The molecular formula is C12H18N2O2S2. The predicted octanol–water partition coefficient (Wildman–Crippen LogP) is 1.62. The summed E-state index contributed by atoms with van der Waals surface area (Å²) < 4.78 is 23.3. The van der Waals surface area contributed by atoms with E-state index in [1.54, 1.807) is 12.1 Å². The summed E-state index contributed by atoms with van der Waals surface area (Å²) in [6.45, 7) is 1.85. The summed E-state index contributed by atoms with van der Waals surface area (Å²) in [4.78, 5) is 2.42. The molecule has 100 valence electrons. The number of para-hydroxylation sites is 1. The van der Waals surface area contributed by atoms with Crippen LogP contribution in [0.5, 0.6) is 0 Å². The highest BCUT2D eigenvalue weighted by atomic mass is 32.2. The van der Waals surface area contributed by atoms with Crippen molar-refractivity contribution < 1.29 is 8.42 Å². The average Bonchev–Trinajstić information content (AvgIpc) is 2.56. The summed E-state index contributed by atoms with van der Waals surface area (Å²) in [5.74, 6) is 2.21. The van der Waals surface area contributed by atoms with Crippen molar-refractivity contribution in [3.63, 3.8) is 0 Å². The van der Waals surface area contributed by atoms with Crippen LogP contribution in [0.2, 0.25) is 0 Å². The van der Waals surface area contributed by atoms with Crippen molar-refractivity contribution in [2.75, 3.05) is 41.5 Å². The zero-order valence-corrected chi connectivity index (χ0v) is 12.1. The Morgan fingerprint density at radius 2 is 2.06 bits per heavy atom. The van der Waals surface area contributed by atoms with E-state index in [0.717, 1.165) is 36.7 Å². The van der Waals surface area contributed by atoms with Gasteiger partial charge in [-0.3, -0.25) is 0 Å². The molecule has 0 bridgehead atoms. The largest absolute Gasteiger partial charge is 0.396 e. The van der Waals surface area contributed by atoms with E-state index in [1.807, 2.05) is 17.8 Å². The van der Waals surface area contributed by atoms with Crippen molar-refractivity contribution in [3.8, 4) is 0 Å². The third kappa shape index (κ3) is 2.92. The van der Waals surface area contributed by atoms with Crippen LogP contribution in [0, 0.1) is 0 Å². The van der Waals surface area contributed by atoms with Crippen LogP contribution < -0.4 is 10.6 Å². The molecule has 4 nitrogen and oxygen atoms in total. The summed E-state index contributed by atoms with van der Waals surface area (Å²) in [5.41, 5.74) is 7.25. The summed E-state index contributed by atoms with van der Waals surface area (Å²) in [5, 5.41) is 0. The van der Waals surface area contributed by atoms with Gasteiger partial charge in [0.05, 0.1) is 16.3 Å². The van der Waals surface area contributed by atoms with E-state index in [-0.39, 0.29) is 4.90 Å². The molecular weight excluding hydrogens is 268 g/mol. The number of sulfone groups is 1. The van der Waals surface area contributed by atoms with Gasteiger partial charge in [-0.1, -0.05) is 6.07 Å². The number of hydrogen-bond acceptors (Lipinski definition) is 5. The second-order valence-corrected chi connectivity index (χ2v) is 7.62. The summed E-state index contributed by atoms with van der Waals surface area (Å²) in [6.07, 6.45) is 2.30. The Bertz CT molecular complexity index is 521. The Morgan fingerprint density at radius 1 is 1.28 bits per heavy atom. The van der Waals surface area contributed by atoms with E-state index < -0.39 is 9.84 Å². The number of rotatable bonds is 2. The van der Waals surface area contributed by atoms with Gasteiger partial charge in [0, 0.05) is 25.1 Å². The Kier molecular flexibility index (Phi) is 4.07. The van der Waals surface area contributed by atoms with Gasteiger partial charge in [0.2, 0.25) is 0 Å². The Morgan fingerprint density at radius 3 is 2.78 bits per heavy atom. The fourth-order valence-electron chi connectivity index (χ4n) is 2.12. The van der Waals surface area contributed by atoms with Crippen LogP contribution in [-0.4, -0.2) is 39.3 Å². The van der Waals surface area contributed by atoms with Crippen molar-refractivity contribution >= 4 is 33.0 Å². The van der Waals surface area contributed by atoms with Crippen LogP contribution in [0.25, 0.3) is 0 Å². The molecule has 1 aliphatic heterocycles. The summed E-state index contributed by atoms with van der Waals surface area (Å²) in [6, 6.07) is 5.24. The van der Waals surface area contributed by atoms with Gasteiger partial charge in [0.1, 0.15) is 0 Å². The van der Waals surface area contributed by atoms with Crippen LogP contribution in [0.4, 0.5) is 11.4 Å². The highest BCUT2D eigenvalue weighted by Gasteiger charge is 2.18. The van der Waals surface area contributed by atoms with E-state index in [9.17, 15) is 8.42 Å². The van der Waals surface area contributed by atoms with Gasteiger partial charge in [0.15, 0.2) is 9.84 Å². The quantitative estimate of drug-likeness (QED) is 0.837. The van der Waals surface area contributed by atoms with E-state index >= 15 is 0 Å². The number of nitrogens with two attached hydrogens (primary N) is 1. The lowest BCUT2D eigenvalue weighted by Gasteiger charge is -2.24. The number of benzene rings is 1. The Labute approximate surface area is 112 Å². The maximum atomic E-state index is 11.7. The summed E-state index contributed by atoms with van der Waals surface area (Å²) in [7, 11) is -3.26. The first kappa shape index (κ1) is 13.5. The van der Waals surface area contributed by atoms with E-state index in [1.165, 1.54) is 6.26 Å². The van der Waals surface area contributed by atoms with Crippen LogP contribution in [0.15, 0.2) is 23.1 Å². The lowest BCUT2D eigenvalue weighted by Crippen LogP contribution is -2.26. The first-order valence-electron chi connectivity index (χ1n) is 5.91. The van der Waals surface area contributed by atoms with E-state index in [0.29, 0.717) is 5.69 Å². The van der Waals surface area contributed by atoms with E-state index in [2.05, 4.69) is 4.90 Å². The van der Waals surface area contributed by atoms with Crippen LogP contribution in [0.3, 0.4) is 0 Å². The average molecular weight is 286 g/mol. The zero-order chi connectivity index (χ0) is 13.2. The van der Waals surface area contributed by atoms with Gasteiger partial charge in [-0.15, -0.1) is 0 Å². The van der Waals surface area contributed by atoms with Gasteiger partial charge in [0.25, 0.3) is 0 Å². The molecule has 1 fully saturated rings.